The van der Waals surface area contributed by atoms with Crippen molar-refractivity contribution < 1.29 is 19.1 Å². The second-order valence-electron chi connectivity index (χ2n) is 15.7. The Bertz CT molecular complexity index is 2040. The van der Waals surface area contributed by atoms with Crippen LogP contribution in [0.3, 0.4) is 0 Å². The molecule has 0 radical (unpaired) electrons. The number of benzene rings is 2. The molecule has 2 saturated heterocycles. The number of nitrogens with zero attached hydrogens (tertiary/aromatic N) is 6. The third-order valence-electron chi connectivity index (χ3n) is 11.3. The number of carbonyl (C=O) groups is 3. The van der Waals surface area contributed by atoms with Crippen LogP contribution in [0.5, 0.6) is 0 Å². The number of methoxy groups -OCH3 is 1. The molecule has 2 aromatic carbocycles. The molecule has 0 spiro atoms. The molecule has 14 heteroatoms. The summed E-state index contributed by atoms with van der Waals surface area (Å²) < 4.78 is 4.76. The quantitative estimate of drug-likeness (QED) is 0.150. The van der Waals surface area contributed by atoms with Gasteiger partial charge in [0.25, 0.3) is 0 Å². The second-order valence-corrected chi connectivity index (χ2v) is 15.7. The van der Waals surface area contributed by atoms with Crippen molar-refractivity contribution in [3.8, 4) is 33.6 Å². The molecule has 0 aliphatic carbocycles. The molecule has 14 nitrogen and oxygen atoms in total. The van der Waals surface area contributed by atoms with Crippen LogP contribution in [0.1, 0.15) is 77.1 Å². The number of imidazole rings is 2. The second kappa shape index (κ2) is 16.6. The molecule has 3 aliphatic rings. The van der Waals surface area contributed by atoms with Gasteiger partial charge in [0.05, 0.1) is 49.5 Å². The maximum absolute atomic E-state index is 13.9. The van der Waals surface area contributed by atoms with Crippen molar-refractivity contribution in [2.45, 2.75) is 77.5 Å². The summed E-state index contributed by atoms with van der Waals surface area (Å²) in [6, 6.07) is 15.4. The Morgan fingerprint density at radius 3 is 1.61 bits per heavy atom. The number of carbonyl (C=O) groups excluding carboxylic acids is 3. The highest BCUT2D eigenvalue weighted by Gasteiger charge is 2.39. The fourth-order valence-corrected chi connectivity index (χ4v) is 8.02. The first-order chi connectivity index (χ1) is 27.0. The standard InChI is InChI=1S/C42H54N10O4/c1-25(2)35(48-41-43-19-22-50(41)5)39(53)51-20-7-9-33(51)37-44-23-31(46-37)29-15-11-27(12-16-29)28-13-17-30(18-14-28)32-24-45-38(47-32)34-10-8-21-52(34)40(54)36(26(3)4)49-42(55)56-6/h11-18,23-26,33-36H,7-10,19-22H2,1-6H3,(H,43,48)(H,44,46)(H,45,47)(H,49,55)/t33-,34-,35-,36?/m0/s1. The number of aliphatic imine (C=N–C) groups is 1. The molecule has 2 aromatic heterocycles. The summed E-state index contributed by atoms with van der Waals surface area (Å²) in [5, 5.41) is 6.13. The fraction of sp³-hybridized carbons (Fsp3) is 0.476. The maximum Gasteiger partial charge on any atom is 0.407 e. The zero-order valence-corrected chi connectivity index (χ0v) is 33.2. The monoisotopic (exact) mass is 762 g/mol. The van der Waals surface area contributed by atoms with E-state index in [0.717, 1.165) is 90.0 Å². The van der Waals surface area contributed by atoms with Gasteiger partial charge in [-0.1, -0.05) is 76.2 Å². The molecular weight excluding hydrogens is 709 g/mol. The van der Waals surface area contributed by atoms with Crippen LogP contribution in [-0.4, -0.2) is 111 Å². The van der Waals surface area contributed by atoms with Gasteiger partial charge in [-0.05, 0) is 59.8 Å². The Labute approximate surface area is 328 Å². The first-order valence-electron chi connectivity index (χ1n) is 19.8. The lowest BCUT2D eigenvalue weighted by molar-refractivity contribution is -0.136. The Morgan fingerprint density at radius 2 is 1.18 bits per heavy atom. The number of ether oxygens (including phenoxy) is 1. The van der Waals surface area contributed by atoms with Gasteiger partial charge < -0.3 is 40.0 Å². The van der Waals surface area contributed by atoms with Crippen LogP contribution < -0.4 is 10.6 Å². The van der Waals surface area contributed by atoms with Crippen molar-refractivity contribution in [1.29, 1.82) is 0 Å². The lowest BCUT2D eigenvalue weighted by atomic mass is 10.0. The van der Waals surface area contributed by atoms with Gasteiger partial charge in [0.15, 0.2) is 5.96 Å². The topological polar surface area (TPSA) is 164 Å². The van der Waals surface area contributed by atoms with Gasteiger partial charge in [0.2, 0.25) is 11.8 Å². The van der Waals surface area contributed by atoms with Crippen molar-refractivity contribution in [2.75, 3.05) is 40.3 Å². The SMILES string of the molecule is COC(=O)NC(C(=O)N1CCC[C@H]1c1ncc(-c2ccc(-c3ccc(-c4cnc([C@@H]5CCCN5C(=O)[C@@H](NC5=NCCN5C)C(C)C)[nH]4)cc3)cc2)[nH]1)C(C)C. The summed E-state index contributed by atoms with van der Waals surface area (Å²) in [4.78, 5) is 66.2. The number of likely N-dealkylation sites (N-methyl/N-ethyl adjacent to an activating group) is 1. The number of aromatic amines is 2. The number of guanidine groups is 1. The summed E-state index contributed by atoms with van der Waals surface area (Å²) in [5.41, 5.74) is 5.97. The highest BCUT2D eigenvalue weighted by Crippen LogP contribution is 2.35. The van der Waals surface area contributed by atoms with Gasteiger partial charge in [0.1, 0.15) is 23.7 Å². The van der Waals surface area contributed by atoms with Crippen molar-refractivity contribution >= 4 is 23.9 Å². The Morgan fingerprint density at radius 1 is 0.714 bits per heavy atom. The number of aromatic nitrogens is 4. The van der Waals surface area contributed by atoms with Crippen LogP contribution in [0, 0.1) is 11.8 Å². The van der Waals surface area contributed by atoms with Crippen LogP contribution in [0.15, 0.2) is 65.9 Å². The molecule has 296 valence electrons. The number of H-pyrrole nitrogens is 2. The van der Waals surface area contributed by atoms with Crippen LogP contribution in [0.25, 0.3) is 33.6 Å². The van der Waals surface area contributed by atoms with Crippen LogP contribution in [-0.2, 0) is 14.3 Å². The number of nitrogens with one attached hydrogen (secondary N) is 4. The lowest BCUT2D eigenvalue weighted by Crippen LogP contribution is -2.53. The van der Waals surface area contributed by atoms with Crippen molar-refractivity contribution in [3.63, 3.8) is 0 Å². The average Bonchev–Trinajstić information content (AvgIpc) is 4.06. The molecule has 0 bridgehead atoms. The Balaban J connectivity index is 0.994. The van der Waals surface area contributed by atoms with Gasteiger partial charge in [-0.15, -0.1) is 0 Å². The van der Waals surface area contributed by atoms with Gasteiger partial charge in [-0.2, -0.15) is 0 Å². The minimum absolute atomic E-state index is 0.0883. The number of rotatable bonds is 11. The number of hydrogen-bond acceptors (Lipinski definition) is 9. The molecule has 3 amide bonds. The van der Waals surface area contributed by atoms with E-state index in [4.69, 9.17) is 9.72 Å². The molecule has 3 aliphatic heterocycles. The smallest absolute Gasteiger partial charge is 0.407 e. The van der Waals surface area contributed by atoms with Crippen LogP contribution >= 0.6 is 0 Å². The minimum Gasteiger partial charge on any atom is -0.453 e. The predicted octanol–water partition coefficient (Wildman–Crippen LogP) is 5.76. The van der Waals surface area contributed by atoms with Crippen LogP contribution in [0.4, 0.5) is 4.79 Å². The minimum atomic E-state index is -0.679. The largest absolute Gasteiger partial charge is 0.453 e. The van der Waals surface area contributed by atoms with Gasteiger partial charge in [0, 0.05) is 26.7 Å². The van der Waals surface area contributed by atoms with E-state index in [1.165, 1.54) is 7.11 Å². The molecule has 2 fully saturated rings. The van der Waals surface area contributed by atoms with Crippen LogP contribution in [0.2, 0.25) is 0 Å². The zero-order chi connectivity index (χ0) is 39.5. The Hall–Kier alpha value is -5.66. The zero-order valence-electron chi connectivity index (χ0n) is 33.2. The molecule has 4 atom stereocenters. The number of likely N-dealkylation sites (tertiary alicyclic amines) is 2. The van der Waals surface area contributed by atoms with E-state index in [1.54, 1.807) is 0 Å². The molecule has 4 N–H and O–H groups in total. The third kappa shape index (κ3) is 8.00. The van der Waals surface area contributed by atoms with E-state index in [9.17, 15) is 14.4 Å². The molecule has 0 saturated carbocycles. The number of hydrogen-bond donors (Lipinski definition) is 4. The van der Waals surface area contributed by atoms with E-state index in [0.29, 0.717) is 13.1 Å². The van der Waals surface area contributed by atoms with E-state index in [-0.39, 0.29) is 41.8 Å². The molecule has 4 aromatic rings. The highest BCUT2D eigenvalue weighted by molar-refractivity contribution is 5.90. The summed E-state index contributed by atoms with van der Waals surface area (Å²) in [7, 11) is 3.30. The van der Waals surface area contributed by atoms with Crippen molar-refractivity contribution in [3.05, 3.63) is 72.6 Å². The third-order valence-corrected chi connectivity index (χ3v) is 11.3. The van der Waals surface area contributed by atoms with E-state index >= 15 is 0 Å². The van der Waals surface area contributed by atoms with Gasteiger partial charge >= 0.3 is 6.09 Å². The van der Waals surface area contributed by atoms with E-state index < -0.39 is 12.1 Å². The molecule has 7 rings (SSSR count). The molecule has 1 unspecified atom stereocenters. The lowest BCUT2D eigenvalue weighted by Gasteiger charge is -2.31. The van der Waals surface area contributed by atoms with E-state index in [1.807, 2.05) is 43.1 Å². The number of alkyl carbamates (subject to hydrolysis) is 1. The molecule has 5 heterocycles. The number of amides is 3. The summed E-state index contributed by atoms with van der Waals surface area (Å²) in [6.45, 7) is 10.9. The molecular formula is C42H54N10O4. The van der Waals surface area contributed by atoms with Gasteiger partial charge in [-0.25, -0.2) is 14.8 Å². The summed E-state index contributed by atoms with van der Waals surface area (Å²) >= 11 is 0. The first kappa shape index (κ1) is 38.6. The highest BCUT2D eigenvalue weighted by atomic mass is 16.5. The molecule has 56 heavy (non-hydrogen) atoms. The summed E-state index contributed by atoms with van der Waals surface area (Å²) in [5.74, 6) is 2.30. The fourth-order valence-electron chi connectivity index (χ4n) is 8.02. The summed E-state index contributed by atoms with van der Waals surface area (Å²) in [6.07, 6.45) is 6.51. The first-order valence-corrected chi connectivity index (χ1v) is 19.8. The van der Waals surface area contributed by atoms with Crippen molar-refractivity contribution in [1.82, 2.24) is 45.3 Å². The normalized spacial score (nSPS) is 19.4. The maximum atomic E-state index is 13.9. The van der Waals surface area contributed by atoms with E-state index in [2.05, 4.69) is 97.9 Å². The average molecular weight is 763 g/mol. The Kier molecular flexibility index (Phi) is 11.4. The van der Waals surface area contributed by atoms with Crippen molar-refractivity contribution in [2.24, 2.45) is 16.8 Å². The van der Waals surface area contributed by atoms with Gasteiger partial charge in [-0.3, -0.25) is 14.6 Å². The predicted molar refractivity (Wildman–Crippen MR) is 215 cm³/mol.